The Morgan fingerprint density at radius 2 is 2.00 bits per heavy atom. The van der Waals surface area contributed by atoms with Crippen LogP contribution in [0.2, 0.25) is 0 Å². The number of benzene rings is 1. The van der Waals surface area contributed by atoms with Gasteiger partial charge in [0.2, 0.25) is 0 Å². The van der Waals surface area contributed by atoms with Crippen LogP contribution in [0.15, 0.2) is 28.9 Å². The van der Waals surface area contributed by atoms with Gasteiger partial charge in [0.1, 0.15) is 6.10 Å². The molecule has 0 saturated heterocycles. The number of rotatable bonds is 5. The predicted octanol–water partition coefficient (Wildman–Crippen LogP) is 2.99. The van der Waals surface area contributed by atoms with Crippen LogP contribution in [0.5, 0.6) is 0 Å². The SMILES string of the molecule is COCCn1ncc(Br)c1C(O)c1c(C)cccc1C. The predicted molar refractivity (Wildman–Crippen MR) is 81.8 cm³/mol. The largest absolute Gasteiger partial charge is 0.383 e. The van der Waals surface area contributed by atoms with Gasteiger partial charge < -0.3 is 9.84 Å². The van der Waals surface area contributed by atoms with Crippen LogP contribution in [-0.4, -0.2) is 28.6 Å². The van der Waals surface area contributed by atoms with E-state index in [0.717, 1.165) is 26.9 Å². The zero-order chi connectivity index (χ0) is 14.7. The number of methoxy groups -OCH3 is 1. The highest BCUT2D eigenvalue weighted by Gasteiger charge is 2.22. The van der Waals surface area contributed by atoms with E-state index < -0.39 is 6.10 Å². The fraction of sp³-hybridized carbons (Fsp3) is 0.400. The summed E-state index contributed by atoms with van der Waals surface area (Å²) in [6, 6.07) is 6.02. The van der Waals surface area contributed by atoms with Crippen molar-refractivity contribution < 1.29 is 9.84 Å². The molecule has 1 N–H and O–H groups in total. The highest BCUT2D eigenvalue weighted by Crippen LogP contribution is 2.32. The summed E-state index contributed by atoms with van der Waals surface area (Å²) < 4.78 is 7.68. The molecule has 0 radical (unpaired) electrons. The first-order chi connectivity index (χ1) is 9.56. The van der Waals surface area contributed by atoms with Gasteiger partial charge in [-0.2, -0.15) is 5.10 Å². The molecule has 0 spiro atoms. The summed E-state index contributed by atoms with van der Waals surface area (Å²) in [5, 5.41) is 15.1. The van der Waals surface area contributed by atoms with E-state index in [-0.39, 0.29) is 0 Å². The zero-order valence-electron chi connectivity index (χ0n) is 11.9. The second-order valence-electron chi connectivity index (χ2n) is 4.80. The maximum absolute atomic E-state index is 10.8. The summed E-state index contributed by atoms with van der Waals surface area (Å²) in [6.07, 6.45) is 1.01. The number of aromatic nitrogens is 2. The molecule has 1 aromatic heterocycles. The fourth-order valence-corrected chi connectivity index (χ4v) is 2.91. The molecule has 1 aromatic carbocycles. The minimum absolute atomic E-state index is 0.556. The Kier molecular flexibility index (Phi) is 4.96. The molecule has 20 heavy (non-hydrogen) atoms. The molecule has 2 aromatic rings. The van der Waals surface area contributed by atoms with E-state index in [1.54, 1.807) is 18.0 Å². The second-order valence-corrected chi connectivity index (χ2v) is 5.66. The molecule has 0 fully saturated rings. The van der Waals surface area contributed by atoms with Crippen LogP contribution < -0.4 is 0 Å². The monoisotopic (exact) mass is 338 g/mol. The molecule has 0 bridgehead atoms. The van der Waals surface area contributed by atoms with Crippen LogP contribution in [0, 0.1) is 13.8 Å². The number of halogens is 1. The maximum atomic E-state index is 10.8. The topological polar surface area (TPSA) is 47.3 Å². The van der Waals surface area contributed by atoms with E-state index in [0.29, 0.717) is 13.2 Å². The van der Waals surface area contributed by atoms with Gasteiger partial charge in [-0.1, -0.05) is 18.2 Å². The lowest BCUT2D eigenvalue weighted by Gasteiger charge is -2.18. The number of hydrogen-bond donors (Lipinski definition) is 1. The lowest BCUT2D eigenvalue weighted by atomic mass is 9.96. The number of nitrogens with zero attached hydrogens (tertiary/aromatic N) is 2. The molecule has 1 unspecified atom stereocenters. The van der Waals surface area contributed by atoms with Crippen LogP contribution in [0.3, 0.4) is 0 Å². The Morgan fingerprint density at radius 1 is 1.35 bits per heavy atom. The van der Waals surface area contributed by atoms with Crippen molar-refractivity contribution in [3.8, 4) is 0 Å². The lowest BCUT2D eigenvalue weighted by molar-refractivity contribution is 0.170. The van der Waals surface area contributed by atoms with Gasteiger partial charge >= 0.3 is 0 Å². The van der Waals surface area contributed by atoms with Crippen molar-refractivity contribution in [2.45, 2.75) is 26.5 Å². The van der Waals surface area contributed by atoms with E-state index in [1.165, 1.54) is 0 Å². The molecule has 5 heteroatoms. The smallest absolute Gasteiger partial charge is 0.122 e. The van der Waals surface area contributed by atoms with Gasteiger partial charge in [0, 0.05) is 7.11 Å². The van der Waals surface area contributed by atoms with Gasteiger partial charge in [-0.15, -0.1) is 0 Å². The van der Waals surface area contributed by atoms with Gasteiger partial charge in [0.05, 0.1) is 29.5 Å². The number of aliphatic hydroxyl groups excluding tert-OH is 1. The molecule has 0 saturated carbocycles. The van der Waals surface area contributed by atoms with Gasteiger partial charge in [-0.3, -0.25) is 4.68 Å². The van der Waals surface area contributed by atoms with Crippen LogP contribution >= 0.6 is 15.9 Å². The second kappa shape index (κ2) is 6.52. The third-order valence-electron chi connectivity index (χ3n) is 3.42. The van der Waals surface area contributed by atoms with Crippen LogP contribution in [0.1, 0.15) is 28.5 Å². The molecule has 2 rings (SSSR count). The molecule has 1 heterocycles. The van der Waals surface area contributed by atoms with Crippen molar-refractivity contribution in [2.75, 3.05) is 13.7 Å². The minimum atomic E-state index is -0.704. The summed E-state index contributed by atoms with van der Waals surface area (Å²) in [4.78, 5) is 0. The van der Waals surface area contributed by atoms with Crippen molar-refractivity contribution >= 4 is 15.9 Å². The molecule has 0 aliphatic rings. The molecule has 4 nitrogen and oxygen atoms in total. The summed E-state index contributed by atoms with van der Waals surface area (Å²) >= 11 is 3.47. The third-order valence-corrected chi connectivity index (χ3v) is 4.03. The van der Waals surface area contributed by atoms with E-state index in [1.807, 2.05) is 32.0 Å². The molecule has 0 aliphatic heterocycles. The zero-order valence-corrected chi connectivity index (χ0v) is 13.5. The number of aryl methyl sites for hydroxylation is 2. The van der Waals surface area contributed by atoms with Crippen molar-refractivity contribution in [1.29, 1.82) is 0 Å². The van der Waals surface area contributed by atoms with Crippen LogP contribution in [0.25, 0.3) is 0 Å². The van der Waals surface area contributed by atoms with Crippen molar-refractivity contribution in [3.05, 3.63) is 51.3 Å². The molecule has 0 amide bonds. The third kappa shape index (κ3) is 2.95. The normalized spacial score (nSPS) is 12.7. The quantitative estimate of drug-likeness (QED) is 0.911. The highest BCUT2D eigenvalue weighted by atomic mass is 79.9. The van der Waals surface area contributed by atoms with E-state index in [9.17, 15) is 5.11 Å². The fourth-order valence-electron chi connectivity index (χ4n) is 2.40. The summed E-state index contributed by atoms with van der Waals surface area (Å²) in [5.41, 5.74) is 3.85. The Bertz CT molecular complexity index is 575. The van der Waals surface area contributed by atoms with E-state index in [4.69, 9.17) is 4.74 Å². The number of ether oxygens (including phenoxy) is 1. The number of hydrogen-bond acceptors (Lipinski definition) is 3. The Morgan fingerprint density at radius 3 is 2.60 bits per heavy atom. The Labute approximate surface area is 127 Å². The van der Waals surface area contributed by atoms with Crippen LogP contribution in [-0.2, 0) is 11.3 Å². The summed E-state index contributed by atoms with van der Waals surface area (Å²) in [5.74, 6) is 0. The van der Waals surface area contributed by atoms with Gasteiger partial charge in [-0.05, 0) is 46.5 Å². The van der Waals surface area contributed by atoms with Gasteiger partial charge in [0.25, 0.3) is 0 Å². The maximum Gasteiger partial charge on any atom is 0.122 e. The molecule has 1 atom stereocenters. The summed E-state index contributed by atoms with van der Waals surface area (Å²) in [7, 11) is 1.65. The van der Waals surface area contributed by atoms with E-state index in [2.05, 4.69) is 21.0 Å². The van der Waals surface area contributed by atoms with Crippen molar-refractivity contribution in [3.63, 3.8) is 0 Å². The first-order valence-electron chi connectivity index (χ1n) is 6.50. The molecular weight excluding hydrogens is 320 g/mol. The van der Waals surface area contributed by atoms with Crippen molar-refractivity contribution in [2.24, 2.45) is 0 Å². The molecular formula is C15H19BrN2O2. The van der Waals surface area contributed by atoms with E-state index >= 15 is 0 Å². The van der Waals surface area contributed by atoms with Crippen LogP contribution in [0.4, 0.5) is 0 Å². The average Bonchev–Trinajstić information content (AvgIpc) is 2.77. The van der Waals surface area contributed by atoms with Crippen molar-refractivity contribution in [1.82, 2.24) is 9.78 Å². The minimum Gasteiger partial charge on any atom is -0.383 e. The Hall–Kier alpha value is -1.17. The van der Waals surface area contributed by atoms with Gasteiger partial charge in [-0.25, -0.2) is 0 Å². The first kappa shape index (κ1) is 15.2. The Balaban J connectivity index is 2.43. The standard InChI is InChI=1S/C15H19BrN2O2/c1-10-5-4-6-11(2)13(10)15(19)14-12(16)9-17-18(14)7-8-20-3/h4-6,9,15,19H,7-8H2,1-3H3. The lowest BCUT2D eigenvalue weighted by Crippen LogP contribution is -2.15. The highest BCUT2D eigenvalue weighted by molar-refractivity contribution is 9.10. The average molecular weight is 339 g/mol. The number of aliphatic hydroxyl groups is 1. The summed E-state index contributed by atoms with van der Waals surface area (Å²) in [6.45, 7) is 5.19. The van der Waals surface area contributed by atoms with Gasteiger partial charge in [0.15, 0.2) is 0 Å². The first-order valence-corrected chi connectivity index (χ1v) is 7.30. The molecule has 108 valence electrons. The molecule has 0 aliphatic carbocycles.